The first-order valence-corrected chi connectivity index (χ1v) is 5.24. The van der Waals surface area contributed by atoms with Crippen LogP contribution in [-0.2, 0) is 0 Å². The molecule has 0 bridgehead atoms. The van der Waals surface area contributed by atoms with Crippen LogP contribution in [0.15, 0.2) is 0 Å². The first kappa shape index (κ1) is 47.4. The summed E-state index contributed by atoms with van der Waals surface area (Å²) in [5, 5.41) is 0. The first-order valence-electron chi connectivity index (χ1n) is 5.24. The molecule has 31 heteroatoms. The van der Waals surface area contributed by atoms with Gasteiger partial charge in [0.1, 0.15) is 0 Å². The minimum absolute atomic E-state index is 0. The van der Waals surface area contributed by atoms with Crippen molar-refractivity contribution in [2.45, 2.75) is 0 Å². The highest BCUT2D eigenvalue weighted by atomic mass is 19.5. The van der Waals surface area contributed by atoms with Crippen molar-refractivity contribution in [1.29, 1.82) is 0 Å². The van der Waals surface area contributed by atoms with Gasteiger partial charge in [0, 0.05) is 0 Å². The normalized spacial score (nSPS) is 11.6. The molecule has 0 aliphatic rings. The van der Waals surface area contributed by atoms with Gasteiger partial charge in [0.05, 0.1) is 0 Å². The van der Waals surface area contributed by atoms with Crippen LogP contribution in [0.25, 0.3) is 0 Å². The molecule has 0 aliphatic carbocycles. The van der Waals surface area contributed by atoms with Gasteiger partial charge in [-0.25, -0.2) is 0 Å². The second kappa shape index (κ2) is 18.2. The largest absolute Gasteiger partial charge is 0.673 e. The summed E-state index contributed by atoms with van der Waals surface area (Å²) in [7, 11) is -36.0. The van der Waals surface area contributed by atoms with Crippen molar-refractivity contribution in [2.24, 2.45) is 0 Å². The predicted molar refractivity (Wildman–Crippen MR) is 63.6 cm³/mol. The summed E-state index contributed by atoms with van der Waals surface area (Å²) >= 11 is 0. The molecule has 0 saturated carbocycles. The monoisotopic (exact) mass is 542 g/mol. The second-order valence-electron chi connectivity index (χ2n) is 2.97. The molecule has 0 N–H and O–H groups in total. The quantitative estimate of drug-likeness (QED) is 0.216. The highest BCUT2D eigenvalue weighted by molar-refractivity contribution is 6.51. The summed E-state index contributed by atoms with van der Waals surface area (Å²) in [6.07, 6.45) is 0. The third-order valence-electron chi connectivity index (χ3n) is 0. The molecule has 0 spiro atoms. The lowest BCUT2D eigenvalue weighted by Crippen LogP contribution is -2.02. The minimum Gasteiger partial charge on any atom is -0.418 e. The van der Waals surface area contributed by atoms with Crippen LogP contribution in [0.4, 0.5) is 108 Å². The summed E-state index contributed by atoms with van der Waals surface area (Å²) < 4.78 is 234. The topological polar surface area (TPSA) is 0 Å². The van der Waals surface area contributed by atoms with Gasteiger partial charge in [0.15, 0.2) is 0 Å². The van der Waals surface area contributed by atoms with E-state index in [-0.39, 0.29) is 4.70 Å². The fourth-order valence-corrected chi connectivity index (χ4v) is 0. The molecule has 200 valence electrons. The van der Waals surface area contributed by atoms with Crippen LogP contribution in [0, 0.1) is 0 Å². The van der Waals surface area contributed by atoms with Crippen LogP contribution in [0.1, 0.15) is 0 Å². The second-order valence-corrected chi connectivity index (χ2v) is 2.97. The SMILES string of the molecule is F.F[B-](F)(F)F.F[B-](F)(F)F.F[B-](F)(F)F.F[B-](F)(F)F.F[B-](F)(F)F.F[B-](F)(F)F. The van der Waals surface area contributed by atoms with E-state index in [0.717, 1.165) is 0 Å². The van der Waals surface area contributed by atoms with E-state index in [1.54, 1.807) is 0 Å². The molecule has 0 rings (SSSR count). The average Bonchev–Trinajstić information content (AvgIpc) is 1.94. The van der Waals surface area contributed by atoms with Gasteiger partial charge in [-0.1, -0.05) is 0 Å². The lowest BCUT2D eigenvalue weighted by atomic mass is 10.3. The van der Waals surface area contributed by atoms with Crippen molar-refractivity contribution in [3.63, 3.8) is 0 Å². The Kier molecular flexibility index (Phi) is 27.9. The smallest absolute Gasteiger partial charge is 0.418 e. The summed E-state index contributed by atoms with van der Waals surface area (Å²) in [4.78, 5) is 0. The van der Waals surface area contributed by atoms with Crippen molar-refractivity contribution in [3.05, 3.63) is 0 Å². The van der Waals surface area contributed by atoms with E-state index in [9.17, 15) is 104 Å². The molecule has 0 aromatic rings. The van der Waals surface area contributed by atoms with Crippen LogP contribution in [-0.4, -0.2) is 43.5 Å². The third kappa shape index (κ3) is 11000. The van der Waals surface area contributed by atoms with Crippen molar-refractivity contribution in [1.82, 2.24) is 0 Å². The van der Waals surface area contributed by atoms with Gasteiger partial charge in [-0.05, 0) is 0 Å². The molecule has 0 aliphatic heterocycles. The Labute approximate surface area is 153 Å². The van der Waals surface area contributed by atoms with Gasteiger partial charge in [-0.2, -0.15) is 0 Å². The van der Waals surface area contributed by atoms with E-state index in [0.29, 0.717) is 0 Å². The first-order chi connectivity index (χ1) is 12.0. The van der Waals surface area contributed by atoms with Gasteiger partial charge in [0.25, 0.3) is 0 Å². The van der Waals surface area contributed by atoms with Crippen molar-refractivity contribution in [2.75, 3.05) is 0 Å². The zero-order chi connectivity index (χ0) is 27.0. The molecule has 0 amide bonds. The maximum absolute atomic E-state index is 9.75. The maximum Gasteiger partial charge on any atom is 0.673 e. The Morgan fingerprint density at radius 1 is 0.161 bits per heavy atom. The molecule has 0 aromatic carbocycles. The molecule has 0 nitrogen and oxygen atoms in total. The standard InChI is InChI=1S/6BF4.FH/c6*2-1(3,4)5;/h;;;;;;1H/q6*-1;. The molecule has 0 radical (unpaired) electrons. The van der Waals surface area contributed by atoms with Crippen LogP contribution in [0.2, 0.25) is 0 Å². The van der Waals surface area contributed by atoms with E-state index in [4.69, 9.17) is 0 Å². The fourth-order valence-electron chi connectivity index (χ4n) is 0. The number of hydrogen-bond donors (Lipinski definition) is 0. The highest BCUT2D eigenvalue weighted by Crippen LogP contribution is 2.09. The van der Waals surface area contributed by atoms with Crippen LogP contribution >= 0.6 is 0 Å². The molecular weight excluding hydrogens is 540 g/mol. The minimum atomic E-state index is -6.00. The highest BCUT2D eigenvalue weighted by Gasteiger charge is 2.22. The van der Waals surface area contributed by atoms with E-state index in [2.05, 4.69) is 0 Å². The average molecular weight is 541 g/mol. The molecule has 0 aromatic heterocycles. The Balaban J connectivity index is -0.0000000443. The summed E-state index contributed by atoms with van der Waals surface area (Å²) in [5.41, 5.74) is 0. The van der Waals surface area contributed by atoms with Crippen LogP contribution in [0.3, 0.4) is 0 Å². The van der Waals surface area contributed by atoms with Crippen molar-refractivity contribution < 1.29 is 108 Å². The summed E-state index contributed by atoms with van der Waals surface area (Å²) in [6, 6.07) is 0. The lowest BCUT2D eigenvalue weighted by Gasteiger charge is -1.94. The van der Waals surface area contributed by atoms with Crippen molar-refractivity contribution in [3.8, 4) is 0 Å². The zero-order valence-electron chi connectivity index (χ0n) is 12.9. The van der Waals surface area contributed by atoms with Crippen LogP contribution in [0.5, 0.6) is 0 Å². The summed E-state index contributed by atoms with van der Waals surface area (Å²) in [6.45, 7) is 0. The number of halogens is 25. The molecule has 0 atom stereocenters. The Hall–Kier alpha value is -1.36. The van der Waals surface area contributed by atoms with E-state index >= 15 is 0 Å². The van der Waals surface area contributed by atoms with Gasteiger partial charge < -0.3 is 104 Å². The Bertz CT molecular complexity index is 208. The van der Waals surface area contributed by atoms with Crippen LogP contribution < -0.4 is 0 Å². The molecule has 31 heavy (non-hydrogen) atoms. The van der Waals surface area contributed by atoms with E-state index < -0.39 is 43.5 Å². The molecule has 0 unspecified atom stereocenters. The molecular formula is HB6F25-6. The van der Waals surface area contributed by atoms with Gasteiger partial charge in [-0.15, -0.1) is 0 Å². The molecule has 0 heterocycles. The zero-order valence-corrected chi connectivity index (χ0v) is 12.9. The van der Waals surface area contributed by atoms with E-state index in [1.165, 1.54) is 0 Å². The van der Waals surface area contributed by atoms with Crippen molar-refractivity contribution >= 4 is 43.5 Å². The number of rotatable bonds is 0. The Morgan fingerprint density at radius 2 is 0.161 bits per heavy atom. The predicted octanol–water partition coefficient (Wildman–Crippen LogP) is 7.95. The fraction of sp³-hybridized carbons (Fsp3) is 0. The maximum atomic E-state index is 9.75. The van der Waals surface area contributed by atoms with Gasteiger partial charge >= 0.3 is 43.5 Å². The lowest BCUT2D eigenvalue weighted by molar-refractivity contribution is 0.366. The van der Waals surface area contributed by atoms with Gasteiger partial charge in [0.2, 0.25) is 0 Å². The molecule has 0 fully saturated rings. The van der Waals surface area contributed by atoms with Gasteiger partial charge in [-0.3, -0.25) is 4.70 Å². The Morgan fingerprint density at radius 3 is 0.161 bits per heavy atom. The number of hydrogen-bond acceptors (Lipinski definition) is 0. The third-order valence-corrected chi connectivity index (χ3v) is 0. The molecule has 0 saturated heterocycles. The summed E-state index contributed by atoms with van der Waals surface area (Å²) in [5.74, 6) is 0. The van der Waals surface area contributed by atoms with E-state index in [1.807, 2.05) is 0 Å².